The summed E-state index contributed by atoms with van der Waals surface area (Å²) in [6, 6.07) is 14.1. The first-order valence-electron chi connectivity index (χ1n) is 11.4. The van der Waals surface area contributed by atoms with Gasteiger partial charge in [-0.3, -0.25) is 14.9 Å². The Balaban J connectivity index is 1.77. The topological polar surface area (TPSA) is 64.5 Å². The number of pyridine rings is 2. The third kappa shape index (κ3) is 4.76. The van der Waals surface area contributed by atoms with Gasteiger partial charge in [-0.25, -0.2) is 4.79 Å². The Hall–Kier alpha value is -3.25. The number of hydrogen-bond donors (Lipinski definition) is 0. The summed E-state index contributed by atoms with van der Waals surface area (Å²) >= 11 is 0. The van der Waals surface area contributed by atoms with Gasteiger partial charge in [0.25, 0.3) is 0 Å². The van der Waals surface area contributed by atoms with Crippen molar-refractivity contribution in [1.82, 2.24) is 14.9 Å². The van der Waals surface area contributed by atoms with Crippen LogP contribution in [0.25, 0.3) is 0 Å². The van der Waals surface area contributed by atoms with Crippen molar-refractivity contribution in [2.45, 2.75) is 51.7 Å². The molecular formula is C27H31N3O3. The van der Waals surface area contributed by atoms with Crippen molar-refractivity contribution in [2.24, 2.45) is 0 Å². The van der Waals surface area contributed by atoms with E-state index >= 15 is 0 Å². The molecule has 1 aromatic carbocycles. The van der Waals surface area contributed by atoms with Crippen LogP contribution in [-0.4, -0.2) is 35.1 Å². The first-order valence-corrected chi connectivity index (χ1v) is 11.4. The molecule has 2 atom stereocenters. The predicted molar refractivity (Wildman–Crippen MR) is 127 cm³/mol. The second-order valence-electron chi connectivity index (χ2n) is 8.56. The van der Waals surface area contributed by atoms with E-state index in [1.54, 1.807) is 19.2 Å². The highest BCUT2D eigenvalue weighted by atomic mass is 16.5. The third-order valence-corrected chi connectivity index (χ3v) is 6.55. The number of esters is 1. The molecule has 3 aromatic rings. The van der Waals surface area contributed by atoms with Gasteiger partial charge in [-0.1, -0.05) is 18.2 Å². The maximum atomic E-state index is 12.0. The van der Waals surface area contributed by atoms with Gasteiger partial charge in [-0.15, -0.1) is 0 Å². The Morgan fingerprint density at radius 3 is 2.09 bits per heavy atom. The zero-order chi connectivity index (χ0) is 23.4. The fourth-order valence-corrected chi connectivity index (χ4v) is 4.87. The van der Waals surface area contributed by atoms with E-state index in [0.717, 1.165) is 36.2 Å². The zero-order valence-electron chi connectivity index (χ0n) is 19.7. The van der Waals surface area contributed by atoms with Gasteiger partial charge in [-0.2, -0.15) is 0 Å². The fraction of sp³-hybridized carbons (Fsp3) is 0.370. The van der Waals surface area contributed by atoms with E-state index in [0.29, 0.717) is 17.9 Å². The van der Waals surface area contributed by atoms with E-state index in [2.05, 4.69) is 30.9 Å². The van der Waals surface area contributed by atoms with Gasteiger partial charge in [0.2, 0.25) is 0 Å². The monoisotopic (exact) mass is 445 g/mol. The second-order valence-corrected chi connectivity index (χ2v) is 8.56. The van der Waals surface area contributed by atoms with Gasteiger partial charge >= 0.3 is 5.97 Å². The van der Waals surface area contributed by atoms with E-state index in [-0.39, 0.29) is 18.1 Å². The van der Waals surface area contributed by atoms with Crippen molar-refractivity contribution in [3.63, 3.8) is 0 Å². The quantitative estimate of drug-likeness (QED) is 0.476. The van der Waals surface area contributed by atoms with Crippen molar-refractivity contribution < 1.29 is 14.3 Å². The van der Waals surface area contributed by atoms with Crippen LogP contribution in [0.5, 0.6) is 5.75 Å². The highest BCUT2D eigenvalue weighted by molar-refractivity contribution is 5.89. The molecule has 172 valence electrons. The smallest absolute Gasteiger partial charge is 0.337 e. The van der Waals surface area contributed by atoms with Gasteiger partial charge in [-0.05, 0) is 68.5 Å². The molecule has 1 fully saturated rings. The molecule has 6 nitrogen and oxygen atoms in total. The Morgan fingerprint density at radius 1 is 0.970 bits per heavy atom. The fourth-order valence-electron chi connectivity index (χ4n) is 4.87. The van der Waals surface area contributed by atoms with Crippen molar-refractivity contribution in [2.75, 3.05) is 14.2 Å². The molecule has 4 rings (SSSR count). The first kappa shape index (κ1) is 22.9. The molecule has 3 heterocycles. The minimum absolute atomic E-state index is 0.163. The molecule has 2 aromatic heterocycles. The van der Waals surface area contributed by atoms with E-state index in [1.165, 1.54) is 18.2 Å². The number of benzene rings is 1. The molecule has 0 aliphatic carbocycles. The average molecular weight is 446 g/mol. The first-order chi connectivity index (χ1) is 16.0. The normalized spacial score (nSPS) is 18.7. The summed E-state index contributed by atoms with van der Waals surface area (Å²) in [5.41, 5.74) is 6.11. The van der Waals surface area contributed by atoms with Gasteiger partial charge in [0.15, 0.2) is 0 Å². The number of hydrogen-bond acceptors (Lipinski definition) is 6. The molecule has 1 aliphatic heterocycles. The predicted octanol–water partition coefficient (Wildman–Crippen LogP) is 5.36. The average Bonchev–Trinajstić information content (AvgIpc) is 2.85. The van der Waals surface area contributed by atoms with Crippen LogP contribution < -0.4 is 4.74 Å². The minimum atomic E-state index is -0.373. The largest absolute Gasteiger partial charge is 0.496 e. The van der Waals surface area contributed by atoms with E-state index < -0.39 is 0 Å². The van der Waals surface area contributed by atoms with Gasteiger partial charge in [0, 0.05) is 24.5 Å². The number of ether oxygens (including phenoxy) is 2. The van der Waals surface area contributed by atoms with Crippen LogP contribution in [0.4, 0.5) is 0 Å². The Bertz CT molecular complexity index is 1080. The summed E-state index contributed by atoms with van der Waals surface area (Å²) in [5, 5.41) is 0. The number of carbonyl (C=O) groups excluding carboxylic acids is 1. The summed E-state index contributed by atoms with van der Waals surface area (Å²) < 4.78 is 10.6. The molecule has 0 amide bonds. The maximum Gasteiger partial charge on any atom is 0.337 e. The summed E-state index contributed by atoms with van der Waals surface area (Å²) in [5.74, 6) is 0.304. The van der Waals surface area contributed by atoms with Gasteiger partial charge < -0.3 is 9.47 Å². The van der Waals surface area contributed by atoms with Crippen LogP contribution in [-0.2, 0) is 11.3 Å². The lowest BCUT2D eigenvalue weighted by Gasteiger charge is -2.42. The molecule has 0 bridgehead atoms. The van der Waals surface area contributed by atoms with Gasteiger partial charge in [0.05, 0.1) is 43.3 Å². The lowest BCUT2D eigenvalue weighted by Crippen LogP contribution is -2.37. The standard InChI is InChI=1S/C27H31N3O3/c1-18-8-6-14-28-25(18)22-10-5-11-23(26-19(2)9-7-15-29-26)30(22)17-21-13-12-20(27(31)33-4)16-24(21)32-3/h6-9,12-16,22-23H,5,10-11,17H2,1-4H3/t22-,23+. The van der Waals surface area contributed by atoms with Crippen LogP contribution >= 0.6 is 0 Å². The lowest BCUT2D eigenvalue weighted by atomic mass is 9.88. The van der Waals surface area contributed by atoms with Crippen LogP contribution in [0, 0.1) is 13.8 Å². The molecule has 0 spiro atoms. The summed E-state index contributed by atoms with van der Waals surface area (Å²) in [7, 11) is 3.02. The lowest BCUT2D eigenvalue weighted by molar-refractivity contribution is 0.0599. The molecule has 1 saturated heterocycles. The Labute approximate surface area is 195 Å². The summed E-state index contributed by atoms with van der Waals surface area (Å²) in [6.45, 7) is 4.91. The molecule has 0 N–H and O–H groups in total. The number of likely N-dealkylation sites (tertiary alicyclic amines) is 1. The second kappa shape index (κ2) is 10.1. The number of methoxy groups -OCH3 is 2. The number of carbonyl (C=O) groups is 1. The highest BCUT2D eigenvalue weighted by Gasteiger charge is 2.35. The molecule has 0 unspecified atom stereocenters. The molecule has 0 radical (unpaired) electrons. The van der Waals surface area contributed by atoms with Crippen LogP contribution in [0.15, 0.2) is 54.9 Å². The van der Waals surface area contributed by atoms with E-state index in [4.69, 9.17) is 19.4 Å². The summed E-state index contributed by atoms with van der Waals surface area (Å²) in [6.07, 6.45) is 6.92. The minimum Gasteiger partial charge on any atom is -0.496 e. The Kier molecular flexibility index (Phi) is 7.04. The van der Waals surface area contributed by atoms with E-state index in [9.17, 15) is 4.79 Å². The molecular weight excluding hydrogens is 414 g/mol. The third-order valence-electron chi connectivity index (χ3n) is 6.55. The number of aromatic nitrogens is 2. The van der Waals surface area contributed by atoms with E-state index in [1.807, 2.05) is 30.6 Å². The SMILES string of the molecule is COC(=O)c1ccc(CN2[C@@H](c3ncccc3C)CCC[C@H]2c2ncccc2C)c(OC)c1. The molecule has 1 aliphatic rings. The van der Waals surface area contributed by atoms with Crippen LogP contribution in [0.1, 0.15) is 69.8 Å². The zero-order valence-corrected chi connectivity index (χ0v) is 19.7. The van der Waals surface area contributed by atoms with Crippen LogP contribution in [0.3, 0.4) is 0 Å². The number of nitrogens with zero attached hydrogens (tertiary/aromatic N) is 3. The van der Waals surface area contributed by atoms with Gasteiger partial charge in [0.1, 0.15) is 5.75 Å². The van der Waals surface area contributed by atoms with Crippen molar-refractivity contribution in [3.8, 4) is 5.75 Å². The number of rotatable bonds is 6. The maximum absolute atomic E-state index is 12.0. The highest BCUT2D eigenvalue weighted by Crippen LogP contribution is 2.43. The summed E-state index contributed by atoms with van der Waals surface area (Å²) in [4.78, 5) is 24.1. The van der Waals surface area contributed by atoms with Crippen molar-refractivity contribution in [3.05, 3.63) is 88.5 Å². The molecule has 33 heavy (non-hydrogen) atoms. The van der Waals surface area contributed by atoms with Crippen molar-refractivity contribution >= 4 is 5.97 Å². The van der Waals surface area contributed by atoms with Crippen molar-refractivity contribution in [1.29, 1.82) is 0 Å². The number of aryl methyl sites for hydroxylation is 2. The number of piperidine rings is 1. The molecule has 0 saturated carbocycles. The van der Waals surface area contributed by atoms with Crippen LogP contribution in [0.2, 0.25) is 0 Å². The molecule has 6 heteroatoms. The Morgan fingerprint density at radius 2 is 1.58 bits per heavy atom.